The molecule has 0 unspecified atom stereocenters. The van der Waals surface area contributed by atoms with Gasteiger partial charge in [-0.2, -0.15) is 0 Å². The number of nitrogens with zero attached hydrogens (tertiary/aromatic N) is 2. The lowest BCUT2D eigenvalue weighted by Crippen LogP contribution is -2.46. The van der Waals surface area contributed by atoms with Crippen molar-refractivity contribution in [2.45, 2.75) is 25.1 Å². The lowest BCUT2D eigenvalue weighted by molar-refractivity contribution is -0.157. The molecule has 0 N–H and O–H groups in total. The number of morpholine rings is 1. The van der Waals surface area contributed by atoms with E-state index >= 15 is 0 Å². The number of esters is 1. The molecule has 21 heavy (non-hydrogen) atoms. The molecule has 2 bridgehead atoms. The number of amides is 1. The van der Waals surface area contributed by atoms with Gasteiger partial charge in [-0.05, 0) is 12.1 Å². The first kappa shape index (κ1) is 12.2. The van der Waals surface area contributed by atoms with Gasteiger partial charge in [0.15, 0.2) is 5.58 Å². The van der Waals surface area contributed by atoms with Gasteiger partial charge in [0, 0.05) is 6.42 Å². The molecule has 2 saturated heterocycles. The average molecular weight is 288 g/mol. The molecule has 1 aromatic carbocycles. The van der Waals surface area contributed by atoms with E-state index in [0.29, 0.717) is 24.1 Å². The minimum Gasteiger partial charge on any atom is -0.459 e. The van der Waals surface area contributed by atoms with Crippen molar-refractivity contribution >= 4 is 23.0 Å². The predicted molar refractivity (Wildman–Crippen MR) is 70.5 cm³/mol. The van der Waals surface area contributed by atoms with Crippen molar-refractivity contribution in [3.05, 3.63) is 34.8 Å². The SMILES string of the molecule is O=C1O[C@H]2C[C@@H]1N(C(=O)Cn1c(=O)oc3ccccc31)C2. The summed E-state index contributed by atoms with van der Waals surface area (Å²) in [5.74, 6) is -1.20. The van der Waals surface area contributed by atoms with Crippen LogP contribution < -0.4 is 5.76 Å². The second-order valence-corrected chi connectivity index (χ2v) is 5.28. The van der Waals surface area contributed by atoms with Crippen molar-refractivity contribution in [3.8, 4) is 0 Å². The second kappa shape index (κ2) is 4.21. The minimum absolute atomic E-state index is 0.133. The number of aromatic nitrogens is 1. The zero-order valence-corrected chi connectivity index (χ0v) is 11.0. The number of likely N-dealkylation sites (tertiary alicyclic amines) is 1. The number of para-hydroxylation sites is 2. The quantitative estimate of drug-likeness (QED) is 0.733. The van der Waals surface area contributed by atoms with Crippen LogP contribution in [0.1, 0.15) is 6.42 Å². The Morgan fingerprint density at radius 2 is 2.10 bits per heavy atom. The summed E-state index contributed by atoms with van der Waals surface area (Å²) in [5.41, 5.74) is 1.01. The molecule has 3 heterocycles. The van der Waals surface area contributed by atoms with E-state index in [1.165, 1.54) is 9.47 Å². The summed E-state index contributed by atoms with van der Waals surface area (Å²) in [7, 11) is 0. The lowest BCUT2D eigenvalue weighted by Gasteiger charge is -2.25. The van der Waals surface area contributed by atoms with Gasteiger partial charge in [-0.25, -0.2) is 9.59 Å². The minimum atomic E-state index is -0.573. The molecule has 4 rings (SSSR count). The summed E-state index contributed by atoms with van der Waals surface area (Å²) in [6.45, 7) is 0.270. The molecule has 0 aliphatic carbocycles. The van der Waals surface area contributed by atoms with Gasteiger partial charge >= 0.3 is 11.7 Å². The zero-order valence-electron chi connectivity index (χ0n) is 11.0. The molecule has 1 aromatic heterocycles. The van der Waals surface area contributed by atoms with Gasteiger partial charge in [-0.1, -0.05) is 12.1 Å². The number of carbonyl (C=O) groups excluding carboxylic acids is 2. The Bertz CT molecular complexity index is 805. The van der Waals surface area contributed by atoms with Crippen molar-refractivity contribution < 1.29 is 18.7 Å². The van der Waals surface area contributed by atoms with Crippen LogP contribution in [0.25, 0.3) is 11.1 Å². The average Bonchev–Trinajstić information content (AvgIpc) is 3.12. The Morgan fingerprint density at radius 1 is 1.29 bits per heavy atom. The first-order valence-corrected chi connectivity index (χ1v) is 6.72. The van der Waals surface area contributed by atoms with Crippen molar-refractivity contribution in [2.24, 2.45) is 0 Å². The second-order valence-electron chi connectivity index (χ2n) is 5.28. The van der Waals surface area contributed by atoms with E-state index in [0.717, 1.165) is 0 Å². The standard InChI is InChI=1S/C14H12N2O5/c17-12(15-6-8-5-10(15)13(18)20-8)7-16-9-3-1-2-4-11(9)21-14(16)19/h1-4,8,10H,5-7H2/t8-,10-/m0/s1. The molecule has 2 fully saturated rings. The third kappa shape index (κ3) is 1.77. The highest BCUT2D eigenvalue weighted by molar-refractivity contribution is 5.88. The first-order valence-electron chi connectivity index (χ1n) is 6.72. The molecular weight excluding hydrogens is 276 g/mol. The van der Waals surface area contributed by atoms with E-state index in [1.54, 1.807) is 24.3 Å². The molecular formula is C14H12N2O5. The molecule has 108 valence electrons. The molecule has 0 radical (unpaired) electrons. The molecule has 2 atom stereocenters. The van der Waals surface area contributed by atoms with Crippen LogP contribution in [0.15, 0.2) is 33.5 Å². The molecule has 2 aliphatic rings. The Balaban J connectivity index is 1.63. The van der Waals surface area contributed by atoms with Gasteiger partial charge < -0.3 is 14.1 Å². The summed E-state index contributed by atoms with van der Waals surface area (Å²) in [6, 6.07) is 6.42. The van der Waals surface area contributed by atoms with Crippen LogP contribution in [-0.4, -0.2) is 40.0 Å². The molecule has 7 heteroatoms. The van der Waals surface area contributed by atoms with Gasteiger partial charge in [-0.3, -0.25) is 9.36 Å². The Labute approximate surface area is 118 Å². The van der Waals surface area contributed by atoms with Crippen molar-refractivity contribution in [1.82, 2.24) is 9.47 Å². The largest absolute Gasteiger partial charge is 0.459 e. The van der Waals surface area contributed by atoms with Crippen LogP contribution in [0.3, 0.4) is 0 Å². The topological polar surface area (TPSA) is 81.8 Å². The number of fused-ring (bicyclic) bond motifs is 3. The summed E-state index contributed by atoms with van der Waals surface area (Å²) >= 11 is 0. The van der Waals surface area contributed by atoms with E-state index < -0.39 is 11.8 Å². The fourth-order valence-electron chi connectivity index (χ4n) is 3.01. The van der Waals surface area contributed by atoms with Crippen LogP contribution in [-0.2, 0) is 20.9 Å². The third-order valence-electron chi connectivity index (χ3n) is 4.01. The number of oxazole rings is 1. The van der Waals surface area contributed by atoms with Gasteiger partial charge in [0.25, 0.3) is 0 Å². The molecule has 2 aromatic rings. The molecule has 0 saturated carbocycles. The van der Waals surface area contributed by atoms with Gasteiger partial charge in [-0.15, -0.1) is 0 Å². The Kier molecular flexibility index (Phi) is 2.44. The van der Waals surface area contributed by atoms with Crippen molar-refractivity contribution in [3.63, 3.8) is 0 Å². The highest BCUT2D eigenvalue weighted by atomic mass is 16.6. The number of carbonyl (C=O) groups is 2. The maximum atomic E-state index is 12.4. The Hall–Kier alpha value is -2.57. The van der Waals surface area contributed by atoms with Crippen LogP contribution in [0.4, 0.5) is 0 Å². The molecule has 1 amide bonds. The Morgan fingerprint density at radius 3 is 2.86 bits per heavy atom. The van der Waals surface area contributed by atoms with E-state index in [1.807, 2.05) is 0 Å². The van der Waals surface area contributed by atoms with E-state index in [-0.39, 0.29) is 24.5 Å². The fraction of sp³-hybridized carbons (Fsp3) is 0.357. The maximum absolute atomic E-state index is 12.4. The fourth-order valence-corrected chi connectivity index (χ4v) is 3.01. The van der Waals surface area contributed by atoms with E-state index in [2.05, 4.69) is 0 Å². The van der Waals surface area contributed by atoms with Gasteiger partial charge in [0.2, 0.25) is 5.91 Å². The first-order chi connectivity index (χ1) is 10.1. The maximum Gasteiger partial charge on any atom is 0.420 e. The highest BCUT2D eigenvalue weighted by Crippen LogP contribution is 2.29. The number of rotatable bonds is 2. The van der Waals surface area contributed by atoms with Crippen LogP contribution in [0.5, 0.6) is 0 Å². The summed E-state index contributed by atoms with van der Waals surface area (Å²) < 4.78 is 11.4. The number of benzene rings is 1. The van der Waals surface area contributed by atoms with E-state index in [4.69, 9.17) is 9.15 Å². The molecule has 7 nitrogen and oxygen atoms in total. The van der Waals surface area contributed by atoms with Crippen LogP contribution in [0.2, 0.25) is 0 Å². The van der Waals surface area contributed by atoms with E-state index in [9.17, 15) is 14.4 Å². The summed E-state index contributed by atoms with van der Waals surface area (Å²) in [6.07, 6.45) is 0.343. The monoisotopic (exact) mass is 288 g/mol. The lowest BCUT2D eigenvalue weighted by atomic mass is 10.2. The highest BCUT2D eigenvalue weighted by Gasteiger charge is 2.48. The molecule has 2 aliphatic heterocycles. The van der Waals surface area contributed by atoms with Gasteiger partial charge in [0.05, 0.1) is 12.1 Å². The number of ether oxygens (including phenoxy) is 1. The summed E-state index contributed by atoms with van der Waals surface area (Å²) in [5, 5.41) is 0. The third-order valence-corrected chi connectivity index (χ3v) is 4.01. The normalized spacial score (nSPS) is 23.8. The zero-order chi connectivity index (χ0) is 14.6. The number of hydrogen-bond donors (Lipinski definition) is 0. The van der Waals surface area contributed by atoms with Crippen LogP contribution >= 0.6 is 0 Å². The molecule has 0 spiro atoms. The summed E-state index contributed by atoms with van der Waals surface area (Å²) in [4.78, 5) is 37.2. The smallest absolute Gasteiger partial charge is 0.420 e. The number of hydrogen-bond acceptors (Lipinski definition) is 5. The van der Waals surface area contributed by atoms with Crippen molar-refractivity contribution in [1.29, 1.82) is 0 Å². The predicted octanol–water partition coefficient (Wildman–Crippen LogP) is 0.121. The van der Waals surface area contributed by atoms with Gasteiger partial charge in [0.1, 0.15) is 18.7 Å². The van der Waals surface area contributed by atoms with Crippen LogP contribution in [0, 0.1) is 0 Å². The van der Waals surface area contributed by atoms with Crippen molar-refractivity contribution in [2.75, 3.05) is 6.54 Å².